The van der Waals surface area contributed by atoms with Crippen LogP contribution in [0.1, 0.15) is 38.7 Å². The molecule has 1 aliphatic rings. The number of aliphatic carboxylic acids is 1. The van der Waals surface area contributed by atoms with E-state index in [9.17, 15) is 9.59 Å². The van der Waals surface area contributed by atoms with Crippen LogP contribution in [0.15, 0.2) is 30.3 Å². The van der Waals surface area contributed by atoms with Crippen LogP contribution in [0.2, 0.25) is 0 Å². The van der Waals surface area contributed by atoms with Crippen LogP contribution in [0.4, 0.5) is 0 Å². The van der Waals surface area contributed by atoms with Crippen molar-refractivity contribution in [3.8, 4) is 0 Å². The molecule has 1 aliphatic heterocycles. The zero-order valence-electron chi connectivity index (χ0n) is 14.6. The molecule has 1 heterocycles. The molecule has 5 nitrogen and oxygen atoms in total. The second kappa shape index (κ2) is 8.83. The van der Waals surface area contributed by atoms with Crippen molar-refractivity contribution in [2.75, 3.05) is 19.6 Å². The average Bonchev–Trinajstić information content (AvgIpc) is 2.59. The van der Waals surface area contributed by atoms with Gasteiger partial charge in [-0.15, -0.1) is 0 Å². The maximum absolute atomic E-state index is 12.9. The van der Waals surface area contributed by atoms with Gasteiger partial charge in [-0.05, 0) is 38.3 Å². The molecular formula is C19H28N2O3. The fraction of sp³-hybridized carbons (Fsp3) is 0.579. The Morgan fingerprint density at radius 1 is 1.33 bits per heavy atom. The van der Waals surface area contributed by atoms with Crippen LogP contribution in [0.3, 0.4) is 0 Å². The number of carboxylic acid groups (broad SMARTS) is 1. The van der Waals surface area contributed by atoms with Crippen molar-refractivity contribution < 1.29 is 14.7 Å². The Labute approximate surface area is 144 Å². The molecule has 2 rings (SSSR count). The summed E-state index contributed by atoms with van der Waals surface area (Å²) in [6.45, 7) is 6.23. The summed E-state index contributed by atoms with van der Waals surface area (Å²) in [4.78, 5) is 27.8. The van der Waals surface area contributed by atoms with Crippen molar-refractivity contribution in [2.24, 2.45) is 5.92 Å². The second-order valence-corrected chi connectivity index (χ2v) is 6.68. The predicted octanol–water partition coefficient (Wildman–Crippen LogP) is 2.61. The zero-order valence-corrected chi connectivity index (χ0v) is 14.6. The molecule has 0 aromatic heterocycles. The molecule has 24 heavy (non-hydrogen) atoms. The monoisotopic (exact) mass is 332 g/mol. The zero-order chi connectivity index (χ0) is 17.5. The maximum atomic E-state index is 12.9. The summed E-state index contributed by atoms with van der Waals surface area (Å²) in [6, 6.07) is 10.2. The highest BCUT2D eigenvalue weighted by Crippen LogP contribution is 2.22. The lowest BCUT2D eigenvalue weighted by molar-refractivity contribution is -0.149. The fourth-order valence-electron chi connectivity index (χ4n) is 3.29. The lowest BCUT2D eigenvalue weighted by atomic mass is 9.95. The SMILES string of the molecule is CCC(C)N(CC(=O)O)C(=O)C1CCCN(Cc2ccccc2)C1. The van der Waals surface area contributed by atoms with Gasteiger partial charge < -0.3 is 10.0 Å². The van der Waals surface area contributed by atoms with E-state index in [2.05, 4.69) is 17.0 Å². The van der Waals surface area contributed by atoms with Crippen molar-refractivity contribution in [1.82, 2.24) is 9.80 Å². The third kappa shape index (κ3) is 5.06. The Bertz CT molecular complexity index is 547. The second-order valence-electron chi connectivity index (χ2n) is 6.68. The Hall–Kier alpha value is -1.88. The largest absolute Gasteiger partial charge is 0.480 e. The van der Waals surface area contributed by atoms with Gasteiger partial charge in [-0.1, -0.05) is 37.3 Å². The van der Waals surface area contributed by atoms with E-state index in [1.807, 2.05) is 32.0 Å². The average molecular weight is 332 g/mol. The van der Waals surface area contributed by atoms with Gasteiger partial charge in [0.1, 0.15) is 6.54 Å². The number of nitrogens with zero attached hydrogens (tertiary/aromatic N) is 2. The van der Waals surface area contributed by atoms with Gasteiger partial charge >= 0.3 is 5.97 Å². The molecule has 2 unspecified atom stereocenters. The van der Waals surface area contributed by atoms with Crippen molar-refractivity contribution in [3.63, 3.8) is 0 Å². The van der Waals surface area contributed by atoms with Crippen molar-refractivity contribution in [1.29, 1.82) is 0 Å². The van der Waals surface area contributed by atoms with Crippen LogP contribution in [0.25, 0.3) is 0 Å². The number of carboxylic acids is 1. The third-order valence-corrected chi connectivity index (χ3v) is 4.82. The molecule has 1 N–H and O–H groups in total. The summed E-state index contributed by atoms with van der Waals surface area (Å²) in [5.41, 5.74) is 1.25. The number of hydrogen-bond donors (Lipinski definition) is 1. The molecule has 1 amide bonds. The van der Waals surface area contributed by atoms with Crippen LogP contribution in [0, 0.1) is 5.92 Å². The quantitative estimate of drug-likeness (QED) is 0.834. The molecule has 1 aromatic carbocycles. The minimum Gasteiger partial charge on any atom is -0.480 e. The summed E-state index contributed by atoms with van der Waals surface area (Å²) in [6.07, 6.45) is 2.58. The minimum atomic E-state index is -0.944. The molecule has 132 valence electrons. The maximum Gasteiger partial charge on any atom is 0.323 e. The summed E-state index contributed by atoms with van der Waals surface area (Å²) in [5, 5.41) is 9.12. The van der Waals surface area contributed by atoms with Crippen molar-refractivity contribution in [2.45, 2.75) is 45.7 Å². The standard InChI is InChI=1S/C19H28N2O3/c1-3-15(2)21(14-18(22)23)19(24)17-10-7-11-20(13-17)12-16-8-5-4-6-9-16/h4-6,8-9,15,17H,3,7,10-14H2,1-2H3,(H,22,23). The molecule has 1 fully saturated rings. The van der Waals surface area contributed by atoms with Gasteiger partial charge in [-0.3, -0.25) is 14.5 Å². The van der Waals surface area contributed by atoms with Gasteiger partial charge in [0.25, 0.3) is 0 Å². The molecule has 0 radical (unpaired) electrons. The molecular weight excluding hydrogens is 304 g/mol. The lowest BCUT2D eigenvalue weighted by Gasteiger charge is -2.36. The lowest BCUT2D eigenvalue weighted by Crippen LogP contribution is -2.49. The van der Waals surface area contributed by atoms with Crippen LogP contribution in [-0.2, 0) is 16.1 Å². The van der Waals surface area contributed by atoms with Gasteiger partial charge in [0.2, 0.25) is 5.91 Å². The number of amides is 1. The number of piperidine rings is 1. The molecule has 0 spiro atoms. The number of carbonyl (C=O) groups excluding carboxylic acids is 1. The van der Waals surface area contributed by atoms with Crippen LogP contribution in [0.5, 0.6) is 0 Å². The van der Waals surface area contributed by atoms with E-state index in [4.69, 9.17) is 5.11 Å². The summed E-state index contributed by atoms with van der Waals surface area (Å²) in [7, 11) is 0. The third-order valence-electron chi connectivity index (χ3n) is 4.82. The van der Waals surface area contributed by atoms with E-state index >= 15 is 0 Å². The van der Waals surface area contributed by atoms with Gasteiger partial charge in [0, 0.05) is 19.1 Å². The molecule has 1 aromatic rings. The van der Waals surface area contributed by atoms with Crippen LogP contribution in [-0.4, -0.2) is 52.5 Å². The Balaban J connectivity index is 2.01. The number of carbonyl (C=O) groups is 2. The highest BCUT2D eigenvalue weighted by molar-refractivity contribution is 5.83. The summed E-state index contributed by atoms with van der Waals surface area (Å²) < 4.78 is 0. The molecule has 1 saturated heterocycles. The van der Waals surface area contributed by atoms with E-state index in [1.54, 1.807) is 4.90 Å². The Morgan fingerprint density at radius 2 is 2.04 bits per heavy atom. The van der Waals surface area contributed by atoms with E-state index < -0.39 is 5.97 Å². The molecule has 0 bridgehead atoms. The van der Waals surface area contributed by atoms with Crippen LogP contribution >= 0.6 is 0 Å². The molecule has 0 saturated carbocycles. The van der Waals surface area contributed by atoms with Crippen molar-refractivity contribution in [3.05, 3.63) is 35.9 Å². The van der Waals surface area contributed by atoms with Gasteiger partial charge in [-0.2, -0.15) is 0 Å². The molecule has 0 aliphatic carbocycles. The van der Waals surface area contributed by atoms with Crippen LogP contribution < -0.4 is 0 Å². The smallest absolute Gasteiger partial charge is 0.323 e. The highest BCUT2D eigenvalue weighted by Gasteiger charge is 2.31. The fourth-order valence-corrected chi connectivity index (χ4v) is 3.29. The van der Waals surface area contributed by atoms with E-state index in [0.29, 0.717) is 6.54 Å². The van der Waals surface area contributed by atoms with E-state index in [1.165, 1.54) is 5.56 Å². The molecule has 5 heteroatoms. The summed E-state index contributed by atoms with van der Waals surface area (Å²) in [5.74, 6) is -1.05. The first-order valence-corrected chi connectivity index (χ1v) is 8.79. The van der Waals surface area contributed by atoms with E-state index in [-0.39, 0.29) is 24.4 Å². The first-order valence-electron chi connectivity index (χ1n) is 8.79. The number of benzene rings is 1. The topological polar surface area (TPSA) is 60.9 Å². The Morgan fingerprint density at radius 3 is 2.67 bits per heavy atom. The van der Waals surface area contributed by atoms with Gasteiger partial charge in [0.15, 0.2) is 0 Å². The molecule has 2 atom stereocenters. The van der Waals surface area contributed by atoms with Gasteiger partial charge in [-0.25, -0.2) is 0 Å². The number of rotatable bonds is 7. The van der Waals surface area contributed by atoms with E-state index in [0.717, 1.165) is 32.4 Å². The number of hydrogen-bond acceptors (Lipinski definition) is 3. The first-order chi connectivity index (χ1) is 11.5. The minimum absolute atomic E-state index is 0.00971. The summed E-state index contributed by atoms with van der Waals surface area (Å²) >= 11 is 0. The predicted molar refractivity (Wildman–Crippen MR) is 93.5 cm³/mol. The van der Waals surface area contributed by atoms with Crippen molar-refractivity contribution >= 4 is 11.9 Å². The highest BCUT2D eigenvalue weighted by atomic mass is 16.4. The Kier molecular flexibility index (Phi) is 6.79. The van der Waals surface area contributed by atoms with Gasteiger partial charge in [0.05, 0.1) is 5.92 Å². The normalized spacial score (nSPS) is 19.7. The number of likely N-dealkylation sites (tertiary alicyclic amines) is 1. The first kappa shape index (κ1) is 18.5.